The van der Waals surface area contributed by atoms with Crippen molar-refractivity contribution >= 4 is 21.6 Å². The highest BCUT2D eigenvalue weighted by atomic mass is 79.9. The van der Waals surface area contributed by atoms with E-state index in [1.54, 1.807) is 0 Å². The summed E-state index contributed by atoms with van der Waals surface area (Å²) < 4.78 is 1.17. The van der Waals surface area contributed by atoms with Crippen molar-refractivity contribution in [2.75, 3.05) is 31.1 Å². The first kappa shape index (κ1) is 14.4. The first-order valence-corrected chi connectivity index (χ1v) is 8.76. The number of benzene rings is 1. The van der Waals surface area contributed by atoms with Crippen molar-refractivity contribution in [1.82, 2.24) is 4.90 Å². The third-order valence-corrected chi connectivity index (χ3v) is 5.45. The van der Waals surface area contributed by atoms with Crippen LogP contribution in [0, 0.1) is 5.92 Å². The number of nitrogens with zero attached hydrogens (tertiary/aromatic N) is 2. The molecule has 3 heteroatoms. The average Bonchev–Trinajstić information content (AvgIpc) is 2.49. The van der Waals surface area contributed by atoms with Gasteiger partial charge < -0.3 is 4.90 Å². The van der Waals surface area contributed by atoms with Gasteiger partial charge in [-0.05, 0) is 69.0 Å². The lowest BCUT2D eigenvalue weighted by Crippen LogP contribution is -2.50. The Balaban J connectivity index is 1.63. The second-order valence-corrected chi connectivity index (χ2v) is 7.35. The zero-order chi connectivity index (χ0) is 13.9. The van der Waals surface area contributed by atoms with Crippen LogP contribution in [0.3, 0.4) is 0 Å². The summed E-state index contributed by atoms with van der Waals surface area (Å²) >= 11 is 3.52. The molecule has 1 aromatic carbocycles. The van der Waals surface area contributed by atoms with Gasteiger partial charge in [0.1, 0.15) is 0 Å². The van der Waals surface area contributed by atoms with Crippen LogP contribution in [0.25, 0.3) is 0 Å². The van der Waals surface area contributed by atoms with Crippen LogP contribution >= 0.6 is 15.9 Å². The van der Waals surface area contributed by atoms with Crippen LogP contribution < -0.4 is 4.90 Å². The molecule has 2 fully saturated rings. The van der Waals surface area contributed by atoms with Crippen molar-refractivity contribution in [3.63, 3.8) is 0 Å². The lowest BCUT2D eigenvalue weighted by molar-refractivity contribution is 0.125. The first-order chi connectivity index (χ1) is 9.72. The van der Waals surface area contributed by atoms with E-state index in [2.05, 4.69) is 56.9 Å². The predicted octanol–water partition coefficient (Wildman–Crippen LogP) is 4.15. The number of halogens is 1. The first-order valence-electron chi connectivity index (χ1n) is 7.97. The maximum Gasteiger partial charge on any atom is 0.0367 e. The lowest BCUT2D eigenvalue weighted by atomic mass is 9.95. The van der Waals surface area contributed by atoms with Gasteiger partial charge in [-0.1, -0.05) is 22.9 Å². The van der Waals surface area contributed by atoms with E-state index in [0.717, 1.165) is 12.0 Å². The molecule has 0 bridgehead atoms. The Morgan fingerprint density at radius 3 is 2.40 bits per heavy atom. The zero-order valence-electron chi connectivity index (χ0n) is 12.4. The van der Waals surface area contributed by atoms with Crippen LogP contribution in [0.4, 0.5) is 5.69 Å². The number of hydrogen-bond donors (Lipinski definition) is 0. The smallest absolute Gasteiger partial charge is 0.0367 e. The minimum absolute atomic E-state index is 0.764. The summed E-state index contributed by atoms with van der Waals surface area (Å²) in [6.07, 6.45) is 5.47. The fraction of sp³-hybridized carbons (Fsp3) is 0.647. The Morgan fingerprint density at radius 2 is 1.70 bits per heavy atom. The average molecular weight is 337 g/mol. The quantitative estimate of drug-likeness (QED) is 0.800. The van der Waals surface area contributed by atoms with Gasteiger partial charge in [-0.3, -0.25) is 4.90 Å². The molecule has 0 spiro atoms. The van der Waals surface area contributed by atoms with E-state index < -0.39 is 0 Å². The predicted molar refractivity (Wildman–Crippen MR) is 89.3 cm³/mol. The van der Waals surface area contributed by atoms with Gasteiger partial charge in [-0.2, -0.15) is 0 Å². The Hall–Kier alpha value is -0.540. The number of rotatable bonds is 2. The summed E-state index contributed by atoms with van der Waals surface area (Å²) in [5.41, 5.74) is 1.38. The van der Waals surface area contributed by atoms with Crippen LogP contribution in [-0.4, -0.2) is 37.1 Å². The van der Waals surface area contributed by atoms with Crippen molar-refractivity contribution in [3.8, 4) is 0 Å². The van der Waals surface area contributed by atoms with Crippen LogP contribution in [-0.2, 0) is 0 Å². The van der Waals surface area contributed by atoms with Crippen LogP contribution in [0.5, 0.6) is 0 Å². The molecule has 20 heavy (non-hydrogen) atoms. The van der Waals surface area contributed by atoms with E-state index in [1.807, 2.05) is 0 Å². The molecular formula is C17H25BrN2. The molecule has 2 aliphatic rings. The normalized spacial score (nSPS) is 25.9. The van der Waals surface area contributed by atoms with Gasteiger partial charge in [0.25, 0.3) is 0 Å². The highest BCUT2D eigenvalue weighted by Gasteiger charge is 2.27. The van der Waals surface area contributed by atoms with E-state index in [4.69, 9.17) is 0 Å². The van der Waals surface area contributed by atoms with Crippen molar-refractivity contribution < 1.29 is 0 Å². The van der Waals surface area contributed by atoms with Gasteiger partial charge in [0.15, 0.2) is 0 Å². The van der Waals surface area contributed by atoms with E-state index in [0.29, 0.717) is 0 Å². The molecule has 1 atom stereocenters. The topological polar surface area (TPSA) is 6.48 Å². The minimum atomic E-state index is 0.764. The van der Waals surface area contributed by atoms with E-state index >= 15 is 0 Å². The molecule has 2 nitrogen and oxygen atoms in total. The SMILES string of the molecule is CC1CCN([C@H]2CCCN(c3ccc(Br)cc3)C2)CC1. The van der Waals surface area contributed by atoms with Gasteiger partial charge in [0.05, 0.1) is 0 Å². The Bertz CT molecular complexity index is 423. The molecule has 0 aromatic heterocycles. The van der Waals surface area contributed by atoms with Gasteiger partial charge in [0.2, 0.25) is 0 Å². The van der Waals surface area contributed by atoms with Gasteiger partial charge in [-0.25, -0.2) is 0 Å². The molecule has 0 saturated carbocycles. The molecule has 1 aromatic rings. The molecule has 2 aliphatic heterocycles. The summed E-state index contributed by atoms with van der Waals surface area (Å²) in [4.78, 5) is 5.31. The second kappa shape index (κ2) is 6.48. The van der Waals surface area contributed by atoms with Crippen molar-refractivity contribution in [2.24, 2.45) is 5.92 Å². The third kappa shape index (κ3) is 3.37. The molecule has 0 unspecified atom stereocenters. The van der Waals surface area contributed by atoms with E-state index in [-0.39, 0.29) is 0 Å². The maximum absolute atomic E-state index is 3.52. The summed E-state index contributed by atoms with van der Waals surface area (Å²) in [5.74, 6) is 0.928. The zero-order valence-corrected chi connectivity index (χ0v) is 14.0. The highest BCUT2D eigenvalue weighted by Crippen LogP contribution is 2.26. The van der Waals surface area contributed by atoms with Gasteiger partial charge in [0, 0.05) is 29.3 Å². The largest absolute Gasteiger partial charge is 0.370 e. The van der Waals surface area contributed by atoms with Crippen LogP contribution in [0.1, 0.15) is 32.6 Å². The molecule has 0 N–H and O–H groups in total. The molecule has 0 radical (unpaired) electrons. The fourth-order valence-corrected chi connectivity index (χ4v) is 3.80. The van der Waals surface area contributed by atoms with Crippen molar-refractivity contribution in [2.45, 2.75) is 38.6 Å². The van der Waals surface area contributed by atoms with Crippen molar-refractivity contribution in [3.05, 3.63) is 28.7 Å². The minimum Gasteiger partial charge on any atom is -0.370 e. The van der Waals surface area contributed by atoms with E-state index in [1.165, 1.54) is 62.0 Å². The maximum atomic E-state index is 3.52. The number of piperidine rings is 2. The number of anilines is 1. The molecule has 3 rings (SSSR count). The summed E-state index contributed by atoms with van der Waals surface area (Å²) in [6, 6.07) is 9.55. The second-order valence-electron chi connectivity index (χ2n) is 6.44. The Kier molecular flexibility index (Phi) is 4.67. The summed E-state index contributed by atoms with van der Waals surface area (Å²) in [5, 5.41) is 0. The standard InChI is InChI=1S/C17H25BrN2/c1-14-8-11-19(12-9-14)17-3-2-10-20(13-17)16-6-4-15(18)5-7-16/h4-7,14,17H,2-3,8-13H2,1H3/t17-/m0/s1. The Labute approximate surface area is 131 Å². The summed E-state index contributed by atoms with van der Waals surface area (Å²) in [6.45, 7) is 7.42. The fourth-order valence-electron chi connectivity index (χ4n) is 3.53. The van der Waals surface area contributed by atoms with Gasteiger partial charge in [-0.15, -0.1) is 0 Å². The Morgan fingerprint density at radius 1 is 1.00 bits per heavy atom. The van der Waals surface area contributed by atoms with Gasteiger partial charge >= 0.3 is 0 Å². The molecular weight excluding hydrogens is 312 g/mol. The highest BCUT2D eigenvalue weighted by molar-refractivity contribution is 9.10. The molecule has 0 aliphatic carbocycles. The molecule has 2 saturated heterocycles. The number of likely N-dealkylation sites (tertiary alicyclic amines) is 1. The van der Waals surface area contributed by atoms with Crippen LogP contribution in [0.15, 0.2) is 28.7 Å². The van der Waals surface area contributed by atoms with E-state index in [9.17, 15) is 0 Å². The molecule has 2 heterocycles. The monoisotopic (exact) mass is 336 g/mol. The lowest BCUT2D eigenvalue weighted by Gasteiger charge is -2.42. The molecule has 110 valence electrons. The summed E-state index contributed by atoms with van der Waals surface area (Å²) in [7, 11) is 0. The van der Waals surface area contributed by atoms with Crippen LogP contribution in [0.2, 0.25) is 0 Å². The van der Waals surface area contributed by atoms with Crippen molar-refractivity contribution in [1.29, 1.82) is 0 Å². The molecule has 0 amide bonds. The third-order valence-electron chi connectivity index (χ3n) is 4.92. The number of hydrogen-bond acceptors (Lipinski definition) is 2.